The monoisotopic (exact) mass is 438 g/mol. The van der Waals surface area contributed by atoms with E-state index in [1.54, 1.807) is 6.07 Å². The van der Waals surface area contributed by atoms with Gasteiger partial charge in [-0.1, -0.05) is 6.92 Å². The number of nitrogens with zero attached hydrogens (tertiary/aromatic N) is 3. The number of nitro benzene ring substituents is 1. The lowest BCUT2D eigenvalue weighted by molar-refractivity contribution is -0.384. The van der Waals surface area contributed by atoms with Crippen molar-refractivity contribution >= 4 is 21.4 Å². The van der Waals surface area contributed by atoms with Crippen LogP contribution in [-0.4, -0.2) is 58.0 Å². The molecule has 0 spiro atoms. The molecular formula is C21H34N4O4S. The highest BCUT2D eigenvalue weighted by atomic mass is 32.2. The predicted octanol–water partition coefficient (Wildman–Crippen LogP) is 3.23. The fourth-order valence-corrected chi connectivity index (χ4v) is 6.02. The van der Waals surface area contributed by atoms with E-state index in [2.05, 4.69) is 16.5 Å². The Morgan fingerprint density at radius 3 is 2.53 bits per heavy atom. The van der Waals surface area contributed by atoms with Crippen LogP contribution in [0.15, 0.2) is 23.1 Å². The molecule has 1 saturated heterocycles. The van der Waals surface area contributed by atoms with Crippen LogP contribution in [0.25, 0.3) is 0 Å². The van der Waals surface area contributed by atoms with Crippen molar-refractivity contribution in [3.63, 3.8) is 0 Å². The van der Waals surface area contributed by atoms with Gasteiger partial charge in [0.15, 0.2) is 0 Å². The molecule has 1 unspecified atom stereocenters. The van der Waals surface area contributed by atoms with Gasteiger partial charge in [-0.3, -0.25) is 10.1 Å². The third-order valence-corrected chi connectivity index (χ3v) is 7.79. The van der Waals surface area contributed by atoms with E-state index in [1.807, 2.05) is 19.0 Å². The fourth-order valence-electron chi connectivity index (χ4n) is 4.70. The van der Waals surface area contributed by atoms with Gasteiger partial charge < -0.3 is 9.80 Å². The minimum absolute atomic E-state index is 0.0292. The molecule has 8 nitrogen and oxygen atoms in total. The number of hydrogen-bond donors (Lipinski definition) is 1. The number of hydrogen-bond acceptors (Lipinski definition) is 6. The Morgan fingerprint density at radius 1 is 1.20 bits per heavy atom. The number of sulfonamides is 1. The van der Waals surface area contributed by atoms with E-state index in [1.165, 1.54) is 12.1 Å². The second-order valence-corrected chi connectivity index (χ2v) is 10.9. The van der Waals surface area contributed by atoms with Crippen LogP contribution >= 0.6 is 0 Å². The molecule has 1 saturated carbocycles. The molecule has 1 aromatic rings. The van der Waals surface area contributed by atoms with Gasteiger partial charge in [0, 0.05) is 31.7 Å². The Morgan fingerprint density at radius 2 is 1.90 bits per heavy atom. The number of anilines is 1. The van der Waals surface area contributed by atoms with Crippen LogP contribution < -0.4 is 9.62 Å². The summed E-state index contributed by atoms with van der Waals surface area (Å²) in [5.41, 5.74) is 0.370. The maximum absolute atomic E-state index is 12.9. The van der Waals surface area contributed by atoms with E-state index in [0.717, 1.165) is 58.2 Å². The van der Waals surface area contributed by atoms with Gasteiger partial charge >= 0.3 is 0 Å². The first-order valence-corrected chi connectivity index (χ1v) is 12.3. The van der Waals surface area contributed by atoms with Crippen molar-refractivity contribution < 1.29 is 13.3 Å². The van der Waals surface area contributed by atoms with Crippen LogP contribution in [0.1, 0.15) is 45.4 Å². The molecule has 0 bridgehead atoms. The highest BCUT2D eigenvalue weighted by Crippen LogP contribution is 2.34. The van der Waals surface area contributed by atoms with Crippen LogP contribution in [0.4, 0.5) is 11.4 Å². The summed E-state index contributed by atoms with van der Waals surface area (Å²) in [7, 11) is 0.270. The third-order valence-electron chi connectivity index (χ3n) is 6.27. The van der Waals surface area contributed by atoms with Crippen LogP contribution in [-0.2, 0) is 10.0 Å². The van der Waals surface area contributed by atoms with Crippen LogP contribution in [0.2, 0.25) is 0 Å². The van der Waals surface area contributed by atoms with Gasteiger partial charge in [-0.15, -0.1) is 0 Å². The van der Waals surface area contributed by atoms with Gasteiger partial charge in [-0.05, 0) is 76.6 Å². The zero-order chi connectivity index (χ0) is 21.9. The maximum Gasteiger partial charge on any atom is 0.293 e. The summed E-state index contributed by atoms with van der Waals surface area (Å²) in [6.07, 6.45) is 5.67. The zero-order valence-corrected chi connectivity index (χ0v) is 19.0. The second kappa shape index (κ2) is 9.62. The number of rotatable bonds is 7. The summed E-state index contributed by atoms with van der Waals surface area (Å²) in [5.74, 6) is 1.05. The minimum Gasteiger partial charge on any atom is -0.366 e. The van der Waals surface area contributed by atoms with Crippen molar-refractivity contribution in [2.75, 3.05) is 38.6 Å². The molecule has 0 aromatic heterocycles. The molecule has 1 aliphatic carbocycles. The summed E-state index contributed by atoms with van der Waals surface area (Å²) in [6.45, 7) is 4.59. The number of piperidine rings is 1. The molecule has 1 aliphatic heterocycles. The third kappa shape index (κ3) is 5.70. The van der Waals surface area contributed by atoms with Crippen molar-refractivity contribution in [2.45, 2.75) is 56.4 Å². The lowest BCUT2D eigenvalue weighted by Crippen LogP contribution is -2.40. The molecule has 2 aliphatic rings. The van der Waals surface area contributed by atoms with E-state index >= 15 is 0 Å². The molecule has 1 atom stereocenters. The first-order chi connectivity index (χ1) is 14.2. The lowest BCUT2D eigenvalue weighted by Gasteiger charge is -2.35. The zero-order valence-electron chi connectivity index (χ0n) is 18.2. The normalized spacial score (nSPS) is 25.5. The molecule has 9 heteroatoms. The topological polar surface area (TPSA) is 95.8 Å². The fraction of sp³-hybridized carbons (Fsp3) is 0.714. The van der Waals surface area contributed by atoms with E-state index in [-0.39, 0.29) is 16.6 Å². The highest BCUT2D eigenvalue weighted by Gasteiger charge is 2.29. The van der Waals surface area contributed by atoms with Gasteiger partial charge in [0.1, 0.15) is 5.69 Å². The Labute approximate surface area is 179 Å². The molecule has 168 valence electrons. The van der Waals surface area contributed by atoms with Gasteiger partial charge in [0.05, 0.1) is 9.82 Å². The van der Waals surface area contributed by atoms with Crippen molar-refractivity contribution in [3.05, 3.63) is 28.3 Å². The molecule has 0 radical (unpaired) electrons. The summed E-state index contributed by atoms with van der Waals surface area (Å²) < 4.78 is 28.5. The van der Waals surface area contributed by atoms with Gasteiger partial charge in [0.2, 0.25) is 10.0 Å². The quantitative estimate of drug-likeness (QED) is 0.519. The van der Waals surface area contributed by atoms with Gasteiger partial charge in [-0.25, -0.2) is 13.1 Å². The molecule has 2 fully saturated rings. The van der Waals surface area contributed by atoms with E-state index in [4.69, 9.17) is 0 Å². The average Bonchev–Trinajstić information content (AvgIpc) is 2.69. The second-order valence-electron chi connectivity index (χ2n) is 9.20. The first kappa shape index (κ1) is 23.0. The Balaban J connectivity index is 1.80. The Bertz CT molecular complexity index is 851. The highest BCUT2D eigenvalue weighted by molar-refractivity contribution is 7.89. The minimum atomic E-state index is -3.79. The summed E-state index contributed by atoms with van der Waals surface area (Å²) in [6, 6.07) is 4.23. The van der Waals surface area contributed by atoms with Crippen LogP contribution in [0.3, 0.4) is 0 Å². The maximum atomic E-state index is 12.9. The molecule has 1 N–H and O–H groups in total. The summed E-state index contributed by atoms with van der Waals surface area (Å²) in [4.78, 5) is 15.5. The summed E-state index contributed by atoms with van der Waals surface area (Å²) in [5, 5.41) is 11.8. The average molecular weight is 439 g/mol. The summed E-state index contributed by atoms with van der Waals surface area (Å²) >= 11 is 0. The van der Waals surface area contributed by atoms with Gasteiger partial charge in [-0.2, -0.15) is 0 Å². The SMILES string of the molecule is CC1CCC(NS(=O)(=O)c2ccc(N3CCCC(CN(C)C)C3)c([N+](=O)[O-])c2)CC1. The standard InChI is InChI=1S/C21H34N4O4S/c1-16-6-8-18(9-7-16)22-30(28,29)19-10-11-20(21(13-19)25(26)27)24-12-4-5-17(15-24)14-23(2)3/h10-11,13,16-18,22H,4-9,12,14-15H2,1-3H3. The molecular weight excluding hydrogens is 404 g/mol. The van der Waals surface area contributed by atoms with Crippen molar-refractivity contribution in [2.24, 2.45) is 11.8 Å². The van der Waals surface area contributed by atoms with Crippen LogP contribution in [0.5, 0.6) is 0 Å². The smallest absolute Gasteiger partial charge is 0.293 e. The number of nitrogens with one attached hydrogen (secondary N) is 1. The number of benzene rings is 1. The van der Waals surface area contributed by atoms with Crippen molar-refractivity contribution in [3.8, 4) is 0 Å². The molecule has 3 rings (SSSR count). The van der Waals surface area contributed by atoms with E-state index < -0.39 is 14.9 Å². The molecule has 30 heavy (non-hydrogen) atoms. The Kier molecular flexibility index (Phi) is 7.36. The predicted molar refractivity (Wildman–Crippen MR) is 118 cm³/mol. The van der Waals surface area contributed by atoms with Crippen molar-refractivity contribution in [1.29, 1.82) is 0 Å². The molecule has 1 heterocycles. The molecule has 0 amide bonds. The van der Waals surface area contributed by atoms with Crippen molar-refractivity contribution in [1.82, 2.24) is 9.62 Å². The molecule has 1 aromatic carbocycles. The number of nitro groups is 1. The largest absolute Gasteiger partial charge is 0.366 e. The van der Waals surface area contributed by atoms with E-state index in [0.29, 0.717) is 17.5 Å². The Hall–Kier alpha value is -1.71. The van der Waals surface area contributed by atoms with Gasteiger partial charge in [0.25, 0.3) is 5.69 Å². The lowest BCUT2D eigenvalue weighted by atomic mass is 9.88. The van der Waals surface area contributed by atoms with Crippen LogP contribution in [0, 0.1) is 22.0 Å². The van der Waals surface area contributed by atoms with E-state index in [9.17, 15) is 18.5 Å². The first-order valence-electron chi connectivity index (χ1n) is 10.9.